The lowest BCUT2D eigenvalue weighted by Crippen LogP contribution is -2.17. The SMILES string of the molecule is CC=CC=Cc1nc(N)nc2c1nnn2Cc1cccc(CO[C@H]2CCNC2)n1. The molecular formula is C20H24N8O. The number of nitrogens with one attached hydrogen (secondary N) is 1. The molecule has 0 bridgehead atoms. The minimum Gasteiger partial charge on any atom is -0.371 e. The van der Waals surface area contributed by atoms with E-state index in [9.17, 15) is 0 Å². The molecule has 1 atom stereocenters. The molecule has 0 saturated carbocycles. The van der Waals surface area contributed by atoms with Crippen LogP contribution in [-0.4, -0.2) is 49.1 Å². The second-order valence-electron chi connectivity index (χ2n) is 6.82. The summed E-state index contributed by atoms with van der Waals surface area (Å²) >= 11 is 0. The van der Waals surface area contributed by atoms with Gasteiger partial charge in [-0.15, -0.1) is 5.10 Å². The number of aromatic nitrogens is 6. The summed E-state index contributed by atoms with van der Waals surface area (Å²) in [7, 11) is 0. The Morgan fingerprint density at radius 3 is 2.97 bits per heavy atom. The van der Waals surface area contributed by atoms with Gasteiger partial charge in [-0.05, 0) is 38.1 Å². The second-order valence-corrected chi connectivity index (χ2v) is 6.82. The first kappa shape index (κ1) is 19.2. The minimum absolute atomic E-state index is 0.182. The largest absolute Gasteiger partial charge is 0.371 e. The molecule has 9 heteroatoms. The predicted molar refractivity (Wildman–Crippen MR) is 111 cm³/mol. The van der Waals surface area contributed by atoms with Crippen molar-refractivity contribution in [3.8, 4) is 0 Å². The predicted octanol–water partition coefficient (Wildman–Crippen LogP) is 1.71. The van der Waals surface area contributed by atoms with Crippen molar-refractivity contribution >= 4 is 23.2 Å². The van der Waals surface area contributed by atoms with Gasteiger partial charge in [0.05, 0.1) is 36.3 Å². The summed E-state index contributed by atoms with van der Waals surface area (Å²) in [6.45, 7) is 4.78. The van der Waals surface area contributed by atoms with Crippen molar-refractivity contribution in [1.29, 1.82) is 0 Å². The van der Waals surface area contributed by atoms with Crippen LogP contribution in [0.5, 0.6) is 0 Å². The number of pyridine rings is 1. The van der Waals surface area contributed by atoms with E-state index in [1.807, 2.05) is 49.4 Å². The molecule has 1 saturated heterocycles. The molecular weight excluding hydrogens is 368 g/mol. The maximum Gasteiger partial charge on any atom is 0.222 e. The molecule has 1 fully saturated rings. The number of allylic oxidation sites excluding steroid dienone is 3. The number of nitrogen functional groups attached to an aromatic ring is 1. The molecule has 1 aliphatic heterocycles. The average Bonchev–Trinajstić information content (AvgIpc) is 3.37. The Balaban J connectivity index is 1.54. The van der Waals surface area contributed by atoms with Crippen molar-refractivity contribution in [2.75, 3.05) is 18.8 Å². The van der Waals surface area contributed by atoms with E-state index in [-0.39, 0.29) is 12.1 Å². The van der Waals surface area contributed by atoms with Crippen LogP contribution in [0.3, 0.4) is 0 Å². The number of nitrogens with two attached hydrogens (primary N) is 1. The Labute approximate surface area is 168 Å². The summed E-state index contributed by atoms with van der Waals surface area (Å²) in [5.74, 6) is 0.182. The van der Waals surface area contributed by atoms with E-state index in [0.717, 1.165) is 30.9 Å². The van der Waals surface area contributed by atoms with Gasteiger partial charge in [-0.3, -0.25) is 4.98 Å². The fourth-order valence-electron chi connectivity index (χ4n) is 3.20. The number of rotatable bonds is 7. The van der Waals surface area contributed by atoms with Crippen molar-refractivity contribution in [3.05, 3.63) is 53.5 Å². The number of nitrogens with zero attached hydrogens (tertiary/aromatic N) is 6. The highest BCUT2D eigenvalue weighted by Crippen LogP contribution is 2.17. The first-order valence-electron chi connectivity index (χ1n) is 9.66. The Kier molecular flexibility index (Phi) is 5.87. The lowest BCUT2D eigenvalue weighted by molar-refractivity contribution is 0.0521. The van der Waals surface area contributed by atoms with Gasteiger partial charge in [0.25, 0.3) is 0 Å². The highest BCUT2D eigenvalue weighted by Gasteiger charge is 2.16. The van der Waals surface area contributed by atoms with E-state index in [4.69, 9.17) is 10.5 Å². The topological polar surface area (TPSA) is 117 Å². The Morgan fingerprint density at radius 1 is 1.24 bits per heavy atom. The van der Waals surface area contributed by atoms with Gasteiger partial charge >= 0.3 is 0 Å². The molecule has 0 aliphatic carbocycles. The lowest BCUT2D eigenvalue weighted by atomic mass is 10.3. The summed E-state index contributed by atoms with van der Waals surface area (Å²) in [4.78, 5) is 13.3. The van der Waals surface area contributed by atoms with Crippen molar-refractivity contribution in [2.24, 2.45) is 0 Å². The molecule has 150 valence electrons. The monoisotopic (exact) mass is 392 g/mol. The fraction of sp³-hybridized carbons (Fsp3) is 0.350. The van der Waals surface area contributed by atoms with Crippen LogP contribution in [0.2, 0.25) is 0 Å². The fourth-order valence-corrected chi connectivity index (χ4v) is 3.20. The van der Waals surface area contributed by atoms with Crippen molar-refractivity contribution in [1.82, 2.24) is 35.3 Å². The molecule has 4 heterocycles. The normalized spacial score (nSPS) is 17.2. The molecule has 3 aromatic rings. The van der Waals surface area contributed by atoms with Crippen LogP contribution in [0, 0.1) is 0 Å². The van der Waals surface area contributed by atoms with E-state index in [1.165, 1.54) is 0 Å². The van der Waals surface area contributed by atoms with E-state index >= 15 is 0 Å². The van der Waals surface area contributed by atoms with E-state index in [2.05, 4.69) is 30.6 Å². The van der Waals surface area contributed by atoms with Gasteiger partial charge in [-0.1, -0.05) is 29.5 Å². The Hall–Kier alpha value is -3.17. The van der Waals surface area contributed by atoms with Gasteiger partial charge in [0.2, 0.25) is 5.95 Å². The third-order valence-electron chi connectivity index (χ3n) is 4.62. The van der Waals surface area contributed by atoms with E-state index in [1.54, 1.807) is 4.68 Å². The molecule has 3 aromatic heterocycles. The first-order valence-corrected chi connectivity index (χ1v) is 9.66. The number of hydrogen-bond donors (Lipinski definition) is 2. The molecule has 0 aromatic carbocycles. The molecule has 0 unspecified atom stereocenters. The minimum atomic E-state index is 0.182. The van der Waals surface area contributed by atoms with Crippen LogP contribution in [0.15, 0.2) is 36.4 Å². The Morgan fingerprint density at radius 2 is 2.14 bits per heavy atom. The molecule has 0 amide bonds. The van der Waals surface area contributed by atoms with E-state index < -0.39 is 0 Å². The molecule has 0 spiro atoms. The van der Waals surface area contributed by atoms with Gasteiger partial charge in [-0.2, -0.15) is 4.98 Å². The van der Waals surface area contributed by atoms with Gasteiger partial charge in [0.1, 0.15) is 0 Å². The smallest absolute Gasteiger partial charge is 0.222 e. The second kappa shape index (κ2) is 8.89. The van der Waals surface area contributed by atoms with E-state index in [0.29, 0.717) is 30.0 Å². The maximum absolute atomic E-state index is 5.92. The highest BCUT2D eigenvalue weighted by atomic mass is 16.5. The van der Waals surface area contributed by atoms with Crippen LogP contribution >= 0.6 is 0 Å². The van der Waals surface area contributed by atoms with Crippen molar-refractivity contribution in [2.45, 2.75) is 32.6 Å². The number of ether oxygens (including phenoxy) is 1. The van der Waals surface area contributed by atoms with Gasteiger partial charge in [0.15, 0.2) is 11.2 Å². The van der Waals surface area contributed by atoms with Crippen LogP contribution in [0.1, 0.15) is 30.4 Å². The summed E-state index contributed by atoms with van der Waals surface area (Å²) in [5.41, 5.74) is 9.46. The van der Waals surface area contributed by atoms with Crippen molar-refractivity contribution < 1.29 is 4.74 Å². The summed E-state index contributed by atoms with van der Waals surface area (Å²) in [6, 6.07) is 5.89. The molecule has 1 aliphatic rings. The van der Waals surface area contributed by atoms with Gasteiger partial charge < -0.3 is 15.8 Å². The zero-order chi connectivity index (χ0) is 20.1. The quantitative estimate of drug-likeness (QED) is 0.584. The zero-order valence-corrected chi connectivity index (χ0v) is 16.3. The third kappa shape index (κ3) is 4.64. The van der Waals surface area contributed by atoms with Crippen LogP contribution in [-0.2, 0) is 17.9 Å². The zero-order valence-electron chi connectivity index (χ0n) is 16.3. The van der Waals surface area contributed by atoms with Crippen LogP contribution < -0.4 is 11.1 Å². The molecule has 3 N–H and O–H groups in total. The van der Waals surface area contributed by atoms with Crippen LogP contribution in [0.25, 0.3) is 17.2 Å². The summed E-state index contributed by atoms with van der Waals surface area (Å²) < 4.78 is 7.61. The molecule has 4 rings (SSSR count). The molecule has 0 radical (unpaired) electrons. The van der Waals surface area contributed by atoms with Gasteiger partial charge in [0, 0.05) is 6.54 Å². The summed E-state index contributed by atoms with van der Waals surface area (Å²) in [6.07, 6.45) is 8.86. The Bertz CT molecular complexity index is 1040. The maximum atomic E-state index is 5.92. The molecule has 9 nitrogen and oxygen atoms in total. The van der Waals surface area contributed by atoms with Crippen LogP contribution in [0.4, 0.5) is 5.95 Å². The third-order valence-corrected chi connectivity index (χ3v) is 4.62. The first-order chi connectivity index (χ1) is 14.2. The molecule has 29 heavy (non-hydrogen) atoms. The lowest BCUT2D eigenvalue weighted by Gasteiger charge is -2.10. The highest BCUT2D eigenvalue weighted by molar-refractivity contribution is 5.80. The average molecular weight is 392 g/mol. The number of hydrogen-bond acceptors (Lipinski definition) is 8. The number of fused-ring (bicyclic) bond motifs is 1. The van der Waals surface area contributed by atoms with Crippen molar-refractivity contribution in [3.63, 3.8) is 0 Å². The standard InChI is InChI=1S/C20H24N8O/c1-2-3-4-8-17-18-19(25-20(21)24-17)28(27-26-18)12-14-6-5-7-15(23-14)13-29-16-9-10-22-11-16/h2-8,16,22H,9-13H2,1H3,(H2,21,24,25)/t16-/m0/s1. The number of anilines is 1. The van der Waals surface area contributed by atoms with Gasteiger partial charge in [-0.25, -0.2) is 9.67 Å². The summed E-state index contributed by atoms with van der Waals surface area (Å²) in [5, 5.41) is 11.8.